The molecule has 96 valence electrons. The second kappa shape index (κ2) is 5.69. The number of nitrogens with two attached hydrogens (primary N) is 1. The molecule has 2 heterocycles. The summed E-state index contributed by atoms with van der Waals surface area (Å²) in [4.78, 5) is 8.13. The number of hydrogen-bond acceptors (Lipinski definition) is 6. The molecule has 0 saturated carbocycles. The summed E-state index contributed by atoms with van der Waals surface area (Å²) < 4.78 is 5.04. The van der Waals surface area contributed by atoms with Crippen LogP contribution < -0.4 is 15.8 Å². The van der Waals surface area contributed by atoms with Crippen LogP contribution in [0.5, 0.6) is 5.88 Å². The monoisotopic (exact) mass is 255 g/mol. The molecule has 0 aliphatic rings. The van der Waals surface area contributed by atoms with E-state index in [1.165, 1.54) is 0 Å². The van der Waals surface area contributed by atoms with Crippen molar-refractivity contribution < 1.29 is 4.74 Å². The van der Waals surface area contributed by atoms with Gasteiger partial charge in [-0.2, -0.15) is 5.26 Å². The van der Waals surface area contributed by atoms with Crippen molar-refractivity contribution in [3.8, 4) is 11.9 Å². The highest BCUT2D eigenvalue weighted by Crippen LogP contribution is 2.20. The Kier molecular flexibility index (Phi) is 3.78. The molecule has 0 aliphatic heterocycles. The fraction of sp³-hybridized carbons (Fsp3) is 0.154. The van der Waals surface area contributed by atoms with Crippen molar-refractivity contribution in [2.45, 2.75) is 6.54 Å². The Hall–Kier alpha value is -2.81. The van der Waals surface area contributed by atoms with Crippen LogP contribution in [0, 0.1) is 11.3 Å². The predicted molar refractivity (Wildman–Crippen MR) is 71.5 cm³/mol. The van der Waals surface area contributed by atoms with Crippen LogP contribution in [0.1, 0.15) is 11.1 Å². The third-order valence-electron chi connectivity index (χ3n) is 2.58. The minimum Gasteiger partial charge on any atom is -0.481 e. The molecular weight excluding hydrogens is 242 g/mol. The van der Waals surface area contributed by atoms with Crippen molar-refractivity contribution >= 4 is 11.5 Å². The maximum atomic E-state index is 8.89. The molecule has 6 heteroatoms. The first-order valence-corrected chi connectivity index (χ1v) is 5.62. The molecule has 2 aromatic heterocycles. The summed E-state index contributed by atoms with van der Waals surface area (Å²) >= 11 is 0. The molecule has 2 aromatic rings. The van der Waals surface area contributed by atoms with Gasteiger partial charge in [0.1, 0.15) is 6.07 Å². The molecule has 0 saturated heterocycles. The average Bonchev–Trinajstić information content (AvgIpc) is 2.46. The van der Waals surface area contributed by atoms with Crippen LogP contribution in [0.4, 0.5) is 11.5 Å². The van der Waals surface area contributed by atoms with Crippen molar-refractivity contribution in [2.24, 2.45) is 0 Å². The van der Waals surface area contributed by atoms with E-state index in [4.69, 9.17) is 15.7 Å². The largest absolute Gasteiger partial charge is 0.481 e. The van der Waals surface area contributed by atoms with E-state index >= 15 is 0 Å². The Balaban J connectivity index is 2.12. The molecule has 0 aromatic carbocycles. The highest BCUT2D eigenvalue weighted by atomic mass is 16.5. The number of pyridine rings is 2. The maximum Gasteiger partial charge on any atom is 0.213 e. The van der Waals surface area contributed by atoms with Crippen molar-refractivity contribution in [1.29, 1.82) is 5.26 Å². The van der Waals surface area contributed by atoms with Crippen molar-refractivity contribution in [3.63, 3.8) is 0 Å². The van der Waals surface area contributed by atoms with Crippen LogP contribution in [-0.2, 0) is 6.54 Å². The van der Waals surface area contributed by atoms with Crippen LogP contribution in [-0.4, -0.2) is 17.1 Å². The van der Waals surface area contributed by atoms with Gasteiger partial charge in [-0.1, -0.05) is 0 Å². The first-order valence-electron chi connectivity index (χ1n) is 5.62. The zero-order valence-electron chi connectivity index (χ0n) is 10.4. The van der Waals surface area contributed by atoms with Gasteiger partial charge in [-0.05, 0) is 17.7 Å². The Morgan fingerprint density at radius 3 is 2.89 bits per heavy atom. The molecule has 3 N–H and O–H groups in total. The van der Waals surface area contributed by atoms with Gasteiger partial charge in [0.25, 0.3) is 0 Å². The Morgan fingerprint density at radius 2 is 2.16 bits per heavy atom. The summed E-state index contributed by atoms with van der Waals surface area (Å²) in [7, 11) is 1.56. The number of methoxy groups -OCH3 is 1. The molecular formula is C13H13N5O. The van der Waals surface area contributed by atoms with E-state index in [9.17, 15) is 0 Å². The average molecular weight is 255 g/mol. The van der Waals surface area contributed by atoms with E-state index in [2.05, 4.69) is 15.3 Å². The van der Waals surface area contributed by atoms with Gasteiger partial charge < -0.3 is 15.8 Å². The number of aromatic nitrogens is 2. The van der Waals surface area contributed by atoms with Gasteiger partial charge in [0.05, 0.1) is 18.4 Å². The third-order valence-corrected chi connectivity index (χ3v) is 2.58. The standard InChI is InChI=1S/C13H13N5O/c1-19-11-6-9(2-4-16-11)8-18-13-12(15)10(7-14)3-5-17-13/h2-6H,8,15H2,1H3,(H,17,18). The minimum atomic E-state index is 0.353. The highest BCUT2D eigenvalue weighted by Gasteiger charge is 2.05. The number of nitrogens with zero attached hydrogens (tertiary/aromatic N) is 3. The number of rotatable bonds is 4. The second-order valence-electron chi connectivity index (χ2n) is 3.79. The van der Waals surface area contributed by atoms with Crippen LogP contribution in [0.3, 0.4) is 0 Å². The van der Waals surface area contributed by atoms with E-state index in [0.717, 1.165) is 5.56 Å². The Labute approximate surface area is 110 Å². The van der Waals surface area contributed by atoms with Crippen molar-refractivity contribution in [2.75, 3.05) is 18.2 Å². The lowest BCUT2D eigenvalue weighted by molar-refractivity contribution is 0.397. The van der Waals surface area contributed by atoms with Crippen LogP contribution in [0.25, 0.3) is 0 Å². The van der Waals surface area contributed by atoms with Crippen LogP contribution in [0.2, 0.25) is 0 Å². The van der Waals surface area contributed by atoms with Crippen molar-refractivity contribution in [3.05, 3.63) is 41.7 Å². The number of ether oxygens (including phenoxy) is 1. The van der Waals surface area contributed by atoms with Gasteiger partial charge in [-0.3, -0.25) is 0 Å². The molecule has 0 amide bonds. The predicted octanol–water partition coefficient (Wildman–Crippen LogP) is 1.55. The van der Waals surface area contributed by atoms with E-state index in [1.807, 2.05) is 18.2 Å². The lowest BCUT2D eigenvalue weighted by Crippen LogP contribution is -2.06. The fourth-order valence-electron chi connectivity index (χ4n) is 1.57. The molecule has 0 unspecified atom stereocenters. The fourth-order valence-corrected chi connectivity index (χ4v) is 1.57. The molecule has 2 rings (SSSR count). The summed E-state index contributed by atoms with van der Waals surface area (Å²) in [6, 6.07) is 7.27. The van der Waals surface area contributed by atoms with Gasteiger partial charge in [-0.15, -0.1) is 0 Å². The number of hydrogen-bond donors (Lipinski definition) is 2. The summed E-state index contributed by atoms with van der Waals surface area (Å²) in [6.45, 7) is 0.519. The second-order valence-corrected chi connectivity index (χ2v) is 3.79. The van der Waals surface area contributed by atoms with Crippen LogP contribution in [0.15, 0.2) is 30.6 Å². The summed E-state index contributed by atoms with van der Waals surface area (Å²) in [6.07, 6.45) is 3.21. The molecule has 0 atom stereocenters. The number of nitrogens with one attached hydrogen (secondary N) is 1. The van der Waals surface area contributed by atoms with Gasteiger partial charge >= 0.3 is 0 Å². The highest BCUT2D eigenvalue weighted by molar-refractivity contribution is 5.68. The lowest BCUT2D eigenvalue weighted by atomic mass is 10.2. The number of nitriles is 1. The van der Waals surface area contributed by atoms with Gasteiger partial charge in [0.2, 0.25) is 5.88 Å². The molecule has 6 nitrogen and oxygen atoms in total. The quantitative estimate of drug-likeness (QED) is 0.860. The molecule has 0 bridgehead atoms. The third kappa shape index (κ3) is 2.90. The normalized spacial score (nSPS) is 9.68. The zero-order chi connectivity index (χ0) is 13.7. The van der Waals surface area contributed by atoms with E-state index in [-0.39, 0.29) is 0 Å². The SMILES string of the molecule is COc1cc(CNc2nccc(C#N)c2N)ccn1. The number of nitrogen functional groups attached to an aromatic ring is 1. The zero-order valence-corrected chi connectivity index (χ0v) is 10.4. The molecule has 0 fully saturated rings. The first kappa shape index (κ1) is 12.6. The minimum absolute atomic E-state index is 0.353. The summed E-state index contributed by atoms with van der Waals surface area (Å²) in [5, 5.41) is 12.0. The lowest BCUT2D eigenvalue weighted by Gasteiger charge is -2.09. The van der Waals surface area contributed by atoms with E-state index in [1.54, 1.807) is 25.6 Å². The molecule has 19 heavy (non-hydrogen) atoms. The molecule has 0 spiro atoms. The van der Waals surface area contributed by atoms with Gasteiger partial charge in [0.15, 0.2) is 5.82 Å². The molecule has 0 radical (unpaired) electrons. The summed E-state index contributed by atoms with van der Waals surface area (Å²) in [5.41, 5.74) is 7.57. The first-order chi connectivity index (χ1) is 9.24. The Bertz CT molecular complexity index is 621. The topological polar surface area (TPSA) is 96.8 Å². The summed E-state index contributed by atoms with van der Waals surface area (Å²) in [5.74, 6) is 1.04. The van der Waals surface area contributed by atoms with Crippen LogP contribution >= 0.6 is 0 Å². The molecule has 0 aliphatic carbocycles. The van der Waals surface area contributed by atoms with E-state index < -0.39 is 0 Å². The van der Waals surface area contributed by atoms with E-state index in [0.29, 0.717) is 29.5 Å². The van der Waals surface area contributed by atoms with Gasteiger partial charge in [0, 0.05) is 25.0 Å². The maximum absolute atomic E-state index is 8.89. The number of anilines is 2. The van der Waals surface area contributed by atoms with Crippen molar-refractivity contribution in [1.82, 2.24) is 9.97 Å². The smallest absolute Gasteiger partial charge is 0.213 e. The van der Waals surface area contributed by atoms with Gasteiger partial charge in [-0.25, -0.2) is 9.97 Å². The Morgan fingerprint density at radius 1 is 1.37 bits per heavy atom.